The summed E-state index contributed by atoms with van der Waals surface area (Å²) in [6.07, 6.45) is 3.36. The van der Waals surface area contributed by atoms with Gasteiger partial charge in [0.2, 0.25) is 0 Å². The fourth-order valence-electron chi connectivity index (χ4n) is 4.32. The van der Waals surface area contributed by atoms with E-state index in [1.54, 1.807) is 6.33 Å². The molecule has 5 rings (SSSR count). The van der Waals surface area contributed by atoms with Gasteiger partial charge in [-0.15, -0.1) is 0 Å². The van der Waals surface area contributed by atoms with Gasteiger partial charge in [0, 0.05) is 37.4 Å². The van der Waals surface area contributed by atoms with Gasteiger partial charge >= 0.3 is 0 Å². The highest BCUT2D eigenvalue weighted by Gasteiger charge is 2.16. The van der Waals surface area contributed by atoms with E-state index in [1.165, 1.54) is 5.56 Å². The van der Waals surface area contributed by atoms with Crippen molar-refractivity contribution in [2.45, 2.75) is 32.0 Å². The monoisotopic (exact) mass is 440 g/mol. The van der Waals surface area contributed by atoms with Crippen molar-refractivity contribution in [1.29, 1.82) is 0 Å². The lowest BCUT2D eigenvalue weighted by Gasteiger charge is -2.29. The number of hydrogen-bond donors (Lipinski definition) is 2. The molecule has 3 aromatic carbocycles. The molecular weight excluding hydrogens is 412 g/mol. The number of benzene rings is 3. The van der Waals surface area contributed by atoms with E-state index in [0.29, 0.717) is 12.1 Å². The summed E-state index contributed by atoms with van der Waals surface area (Å²) in [5.41, 5.74) is 5.91. The summed E-state index contributed by atoms with van der Waals surface area (Å²) in [5.74, 6) is -0.0898. The highest BCUT2D eigenvalue weighted by molar-refractivity contribution is 5.94. The molecule has 1 saturated heterocycles. The Bertz CT molecular complexity index is 1220. The Morgan fingerprint density at radius 2 is 1.64 bits per heavy atom. The predicted octanol–water partition coefficient (Wildman–Crippen LogP) is 3.91. The minimum Gasteiger partial charge on any atom is -0.393 e. The van der Waals surface area contributed by atoms with Crippen molar-refractivity contribution in [3.05, 3.63) is 95.8 Å². The van der Waals surface area contributed by atoms with Crippen LogP contribution in [0, 0.1) is 0 Å². The van der Waals surface area contributed by atoms with Gasteiger partial charge in [-0.25, -0.2) is 4.98 Å². The van der Waals surface area contributed by atoms with E-state index >= 15 is 0 Å². The van der Waals surface area contributed by atoms with E-state index in [0.717, 1.165) is 54.8 Å². The lowest BCUT2D eigenvalue weighted by atomic mass is 10.1. The zero-order chi connectivity index (χ0) is 22.6. The number of amides is 1. The predicted molar refractivity (Wildman–Crippen MR) is 129 cm³/mol. The summed E-state index contributed by atoms with van der Waals surface area (Å²) in [6, 6.07) is 23.9. The number of carbonyl (C=O) groups is 1. The molecule has 0 atom stereocenters. The maximum absolute atomic E-state index is 12.6. The number of carbonyl (C=O) groups excluding carboxylic acids is 1. The van der Waals surface area contributed by atoms with Crippen molar-refractivity contribution in [3.8, 4) is 5.69 Å². The molecule has 1 aliphatic heterocycles. The molecule has 0 bridgehead atoms. The zero-order valence-corrected chi connectivity index (χ0v) is 18.5. The second kappa shape index (κ2) is 9.57. The van der Waals surface area contributed by atoms with Crippen molar-refractivity contribution in [3.63, 3.8) is 0 Å². The van der Waals surface area contributed by atoms with E-state index in [4.69, 9.17) is 0 Å². The van der Waals surface area contributed by atoms with Crippen LogP contribution in [0.1, 0.15) is 34.3 Å². The second-order valence-corrected chi connectivity index (χ2v) is 8.66. The van der Waals surface area contributed by atoms with Gasteiger partial charge in [0.15, 0.2) is 0 Å². The highest BCUT2D eigenvalue weighted by atomic mass is 16.3. The summed E-state index contributed by atoms with van der Waals surface area (Å²) in [5, 5.41) is 12.7. The molecule has 0 unspecified atom stereocenters. The third kappa shape index (κ3) is 4.97. The number of aromatic nitrogens is 2. The molecule has 0 spiro atoms. The molecule has 2 N–H and O–H groups in total. The van der Waals surface area contributed by atoms with E-state index in [2.05, 4.69) is 39.5 Å². The van der Waals surface area contributed by atoms with Gasteiger partial charge in [-0.05, 0) is 60.4 Å². The molecule has 1 amide bonds. The van der Waals surface area contributed by atoms with E-state index < -0.39 is 0 Å². The van der Waals surface area contributed by atoms with Gasteiger partial charge in [0.1, 0.15) is 6.33 Å². The molecule has 0 saturated carbocycles. The van der Waals surface area contributed by atoms with Crippen LogP contribution in [-0.4, -0.2) is 44.7 Å². The second-order valence-electron chi connectivity index (χ2n) is 8.66. The van der Waals surface area contributed by atoms with E-state index in [-0.39, 0.29) is 12.0 Å². The van der Waals surface area contributed by atoms with Gasteiger partial charge in [0.05, 0.1) is 17.1 Å². The van der Waals surface area contributed by atoms with E-state index in [9.17, 15) is 9.90 Å². The molecule has 1 aromatic heterocycles. The van der Waals surface area contributed by atoms with Crippen LogP contribution in [0.15, 0.2) is 79.1 Å². The summed E-state index contributed by atoms with van der Waals surface area (Å²) >= 11 is 0. The van der Waals surface area contributed by atoms with Crippen LogP contribution in [0.4, 0.5) is 0 Å². The number of piperidine rings is 1. The normalized spacial score (nSPS) is 15.1. The van der Waals surface area contributed by atoms with Crippen molar-refractivity contribution in [2.24, 2.45) is 0 Å². The van der Waals surface area contributed by atoms with Crippen LogP contribution >= 0.6 is 0 Å². The number of rotatable bonds is 6. The number of para-hydroxylation sites is 2. The molecule has 0 aliphatic carbocycles. The lowest BCUT2D eigenvalue weighted by Crippen LogP contribution is -2.35. The van der Waals surface area contributed by atoms with Crippen molar-refractivity contribution in [1.82, 2.24) is 19.8 Å². The largest absolute Gasteiger partial charge is 0.393 e. The fraction of sp³-hybridized carbons (Fsp3) is 0.259. The van der Waals surface area contributed by atoms with Crippen LogP contribution in [0.3, 0.4) is 0 Å². The first-order valence-corrected chi connectivity index (χ1v) is 11.4. The summed E-state index contributed by atoms with van der Waals surface area (Å²) in [4.78, 5) is 19.4. The Kier molecular flexibility index (Phi) is 6.19. The molecule has 168 valence electrons. The maximum Gasteiger partial charge on any atom is 0.251 e. The summed E-state index contributed by atoms with van der Waals surface area (Å²) in [7, 11) is 0. The van der Waals surface area contributed by atoms with Crippen molar-refractivity contribution in [2.75, 3.05) is 13.1 Å². The van der Waals surface area contributed by atoms with Crippen molar-refractivity contribution < 1.29 is 9.90 Å². The first kappa shape index (κ1) is 21.4. The number of aliphatic hydroxyl groups is 1. The van der Waals surface area contributed by atoms with Crippen LogP contribution in [0.2, 0.25) is 0 Å². The Morgan fingerprint density at radius 3 is 2.39 bits per heavy atom. The number of fused-ring (bicyclic) bond motifs is 1. The average Bonchev–Trinajstić information content (AvgIpc) is 3.29. The SMILES string of the molecule is O=C(NCc1ccc(CN2CCC(O)CC2)cc1)c1ccc(-n2cnc3ccccc32)cc1. The molecule has 6 nitrogen and oxygen atoms in total. The number of aliphatic hydroxyl groups excluding tert-OH is 1. The first-order valence-electron chi connectivity index (χ1n) is 11.4. The highest BCUT2D eigenvalue weighted by Crippen LogP contribution is 2.18. The number of hydrogen-bond acceptors (Lipinski definition) is 4. The Balaban J connectivity index is 1.16. The Morgan fingerprint density at radius 1 is 0.939 bits per heavy atom. The smallest absolute Gasteiger partial charge is 0.251 e. The number of nitrogens with zero attached hydrogens (tertiary/aromatic N) is 3. The summed E-state index contributed by atoms with van der Waals surface area (Å²) in [6.45, 7) is 3.27. The zero-order valence-electron chi connectivity index (χ0n) is 18.5. The van der Waals surface area contributed by atoms with Crippen LogP contribution in [-0.2, 0) is 13.1 Å². The average molecular weight is 441 g/mol. The first-order chi connectivity index (χ1) is 16.2. The molecule has 4 aromatic rings. The van der Waals surface area contributed by atoms with E-state index in [1.807, 2.05) is 53.1 Å². The van der Waals surface area contributed by atoms with Gasteiger partial charge in [-0.1, -0.05) is 36.4 Å². The maximum atomic E-state index is 12.6. The fourth-order valence-corrected chi connectivity index (χ4v) is 4.32. The molecule has 2 heterocycles. The van der Waals surface area contributed by atoms with Gasteiger partial charge < -0.3 is 10.4 Å². The molecule has 6 heteroatoms. The molecule has 33 heavy (non-hydrogen) atoms. The quantitative estimate of drug-likeness (QED) is 0.477. The number of likely N-dealkylation sites (tertiary alicyclic amines) is 1. The molecular formula is C27H28N4O2. The third-order valence-electron chi connectivity index (χ3n) is 6.30. The minimum absolute atomic E-state index is 0.0898. The Labute approximate surface area is 193 Å². The van der Waals surface area contributed by atoms with Gasteiger partial charge in [-0.2, -0.15) is 0 Å². The van der Waals surface area contributed by atoms with Crippen LogP contribution < -0.4 is 5.32 Å². The third-order valence-corrected chi connectivity index (χ3v) is 6.30. The summed E-state index contributed by atoms with van der Waals surface area (Å²) < 4.78 is 2.02. The topological polar surface area (TPSA) is 70.4 Å². The number of nitrogens with one attached hydrogen (secondary N) is 1. The molecule has 0 radical (unpaired) electrons. The molecule has 1 fully saturated rings. The van der Waals surface area contributed by atoms with Gasteiger partial charge in [-0.3, -0.25) is 14.3 Å². The number of imidazole rings is 1. The molecule has 1 aliphatic rings. The lowest BCUT2D eigenvalue weighted by molar-refractivity contribution is 0.0792. The van der Waals surface area contributed by atoms with Gasteiger partial charge in [0.25, 0.3) is 5.91 Å². The Hall–Kier alpha value is -3.48. The van der Waals surface area contributed by atoms with Crippen LogP contribution in [0.25, 0.3) is 16.7 Å². The standard InChI is InChI=1S/C27H28N4O2/c32-24-13-15-30(16-14-24)18-21-7-5-20(6-8-21)17-28-27(33)22-9-11-23(12-10-22)31-19-29-25-3-1-2-4-26(25)31/h1-12,19,24,32H,13-18H2,(H,28,33). The minimum atomic E-state index is -0.144. The van der Waals surface area contributed by atoms with Crippen molar-refractivity contribution >= 4 is 16.9 Å². The van der Waals surface area contributed by atoms with Crippen LogP contribution in [0.5, 0.6) is 0 Å².